The van der Waals surface area contributed by atoms with Crippen LogP contribution < -0.4 is 9.47 Å². The van der Waals surface area contributed by atoms with Gasteiger partial charge in [-0.25, -0.2) is 0 Å². The normalized spacial score (nSPS) is 16.6. The van der Waals surface area contributed by atoms with E-state index in [1.807, 2.05) is 61.5 Å². The minimum Gasteiger partial charge on any atom is -0.507 e. The number of ketones is 1. The van der Waals surface area contributed by atoms with Crippen LogP contribution in [0, 0.1) is 12.8 Å². The number of nitrogens with zero attached hydrogens (tertiary/aromatic N) is 1. The number of carbonyl (C=O) groups is 2. The van der Waals surface area contributed by atoms with Crippen molar-refractivity contribution < 1.29 is 28.9 Å². The van der Waals surface area contributed by atoms with Crippen molar-refractivity contribution in [1.82, 2.24) is 4.90 Å². The van der Waals surface area contributed by atoms with Crippen LogP contribution in [0.4, 0.5) is 0 Å². The van der Waals surface area contributed by atoms with Gasteiger partial charge in [0.1, 0.15) is 23.0 Å². The summed E-state index contributed by atoms with van der Waals surface area (Å²) in [6, 6.07) is 21.2. The summed E-state index contributed by atoms with van der Waals surface area (Å²) in [4.78, 5) is 28.1. The number of hydrogen-bond donors (Lipinski definition) is 1. The molecule has 0 bridgehead atoms. The zero-order valence-electron chi connectivity index (χ0n) is 22.8. The summed E-state index contributed by atoms with van der Waals surface area (Å²) in [5.41, 5.74) is 1.92. The Bertz CT molecular complexity index is 1350. The molecule has 4 rings (SSSR count). The number of likely N-dealkylation sites (tertiary alicyclic amines) is 1. The first-order chi connectivity index (χ1) is 18.8. The van der Waals surface area contributed by atoms with Crippen molar-refractivity contribution >= 4 is 17.4 Å². The zero-order valence-corrected chi connectivity index (χ0v) is 22.8. The van der Waals surface area contributed by atoms with Gasteiger partial charge in [-0.1, -0.05) is 44.2 Å². The van der Waals surface area contributed by atoms with Crippen molar-refractivity contribution in [2.45, 2.75) is 33.2 Å². The first kappa shape index (κ1) is 27.9. The summed E-state index contributed by atoms with van der Waals surface area (Å²) in [6.07, 6.45) is 0.543. The Morgan fingerprint density at radius 1 is 0.949 bits per heavy atom. The third-order valence-electron chi connectivity index (χ3n) is 6.48. The Balaban J connectivity index is 1.76. The second kappa shape index (κ2) is 12.6. The molecule has 3 aromatic rings. The van der Waals surface area contributed by atoms with Gasteiger partial charge < -0.3 is 24.2 Å². The molecule has 0 aromatic heterocycles. The van der Waals surface area contributed by atoms with Crippen LogP contribution in [-0.4, -0.2) is 48.6 Å². The van der Waals surface area contributed by atoms with Gasteiger partial charge in [0.05, 0.1) is 18.2 Å². The summed E-state index contributed by atoms with van der Waals surface area (Å²) < 4.78 is 17.0. The number of carbonyl (C=O) groups excluding carboxylic acids is 2. The minimum absolute atomic E-state index is 0.0493. The Kier molecular flexibility index (Phi) is 9.04. The van der Waals surface area contributed by atoms with E-state index in [0.29, 0.717) is 60.5 Å². The molecule has 1 aliphatic heterocycles. The van der Waals surface area contributed by atoms with Crippen LogP contribution in [-0.2, 0) is 14.3 Å². The summed E-state index contributed by atoms with van der Waals surface area (Å²) in [6.45, 7) is 7.28. The van der Waals surface area contributed by atoms with Gasteiger partial charge in [-0.05, 0) is 72.9 Å². The van der Waals surface area contributed by atoms with Crippen LogP contribution in [0.5, 0.6) is 17.2 Å². The van der Waals surface area contributed by atoms with Crippen molar-refractivity contribution in [3.05, 3.63) is 95.1 Å². The number of benzene rings is 3. The third-order valence-corrected chi connectivity index (χ3v) is 6.48. The molecule has 1 heterocycles. The number of hydrogen-bond acceptors (Lipinski definition) is 6. The number of aryl methyl sites for hydroxylation is 1. The summed E-state index contributed by atoms with van der Waals surface area (Å²) >= 11 is 0. The molecule has 1 amide bonds. The first-order valence-electron chi connectivity index (χ1n) is 13.1. The number of ether oxygens (including phenoxy) is 3. The average molecular weight is 530 g/mol. The molecule has 0 saturated carbocycles. The average Bonchev–Trinajstić information content (AvgIpc) is 3.17. The highest BCUT2D eigenvalue weighted by molar-refractivity contribution is 6.46. The molecule has 3 aromatic carbocycles. The molecule has 0 unspecified atom stereocenters. The van der Waals surface area contributed by atoms with Crippen molar-refractivity contribution in [1.29, 1.82) is 0 Å². The smallest absolute Gasteiger partial charge is 0.295 e. The van der Waals surface area contributed by atoms with Gasteiger partial charge >= 0.3 is 0 Å². The predicted octanol–water partition coefficient (Wildman–Crippen LogP) is 6.28. The molecule has 0 radical (unpaired) electrons. The maximum Gasteiger partial charge on any atom is 0.295 e. The SMILES string of the molecule is COCCCN1C(=O)C(=O)C(=C(O)c2ccc(OCC(C)C)cc2C)[C@H]1c1cccc(Oc2ccccc2)c1. The van der Waals surface area contributed by atoms with E-state index in [-0.39, 0.29) is 11.3 Å². The van der Waals surface area contributed by atoms with E-state index >= 15 is 0 Å². The van der Waals surface area contributed by atoms with E-state index in [1.165, 1.54) is 4.90 Å². The number of rotatable bonds is 11. The lowest BCUT2D eigenvalue weighted by atomic mass is 9.93. The molecular weight excluding hydrogens is 494 g/mol. The molecule has 39 heavy (non-hydrogen) atoms. The van der Waals surface area contributed by atoms with E-state index in [9.17, 15) is 14.7 Å². The lowest BCUT2D eigenvalue weighted by Crippen LogP contribution is -2.31. The molecule has 7 heteroatoms. The quantitative estimate of drug-likeness (QED) is 0.136. The van der Waals surface area contributed by atoms with Crippen molar-refractivity contribution in [2.24, 2.45) is 5.92 Å². The number of Topliss-reactive ketones (excluding diaryl/α,β-unsaturated/α-hetero) is 1. The van der Waals surface area contributed by atoms with Gasteiger partial charge in [-0.15, -0.1) is 0 Å². The molecule has 1 N–H and O–H groups in total. The van der Waals surface area contributed by atoms with Crippen molar-refractivity contribution in [2.75, 3.05) is 26.9 Å². The second-order valence-corrected chi connectivity index (χ2v) is 10.0. The van der Waals surface area contributed by atoms with Crippen LogP contribution in [0.2, 0.25) is 0 Å². The highest BCUT2D eigenvalue weighted by Crippen LogP contribution is 2.41. The summed E-state index contributed by atoms with van der Waals surface area (Å²) in [7, 11) is 1.59. The van der Waals surface area contributed by atoms with Crippen LogP contribution in [0.15, 0.2) is 78.4 Å². The standard InChI is InChI=1S/C32H35NO6/c1-21(2)20-38-25-14-15-27(22(3)18-25)30(34)28-29(33(16-9-17-37-4)32(36)31(28)35)23-10-8-13-26(19-23)39-24-11-6-5-7-12-24/h5-8,10-15,18-19,21,29,34H,9,16-17,20H2,1-4H3/t29-/m1/s1. The molecule has 204 valence electrons. The molecule has 1 fully saturated rings. The van der Waals surface area contributed by atoms with Gasteiger partial charge in [0, 0.05) is 25.8 Å². The van der Waals surface area contributed by atoms with Gasteiger partial charge in [-0.2, -0.15) is 0 Å². The fourth-order valence-electron chi connectivity index (χ4n) is 4.61. The van der Waals surface area contributed by atoms with E-state index < -0.39 is 17.7 Å². The molecule has 1 atom stereocenters. The summed E-state index contributed by atoms with van der Waals surface area (Å²) in [5, 5.41) is 11.5. The maximum absolute atomic E-state index is 13.4. The van der Waals surface area contributed by atoms with Gasteiger partial charge in [0.2, 0.25) is 0 Å². The third kappa shape index (κ3) is 6.49. The number of aliphatic hydroxyl groups excluding tert-OH is 1. The Labute approximate surface area is 229 Å². The molecule has 1 aliphatic rings. The molecule has 0 aliphatic carbocycles. The Hall–Kier alpha value is -4.10. The number of aliphatic hydroxyl groups is 1. The molecule has 7 nitrogen and oxygen atoms in total. The van der Waals surface area contributed by atoms with E-state index in [2.05, 4.69) is 13.8 Å². The molecular formula is C32H35NO6. The summed E-state index contributed by atoms with van der Waals surface area (Å²) in [5.74, 6) is 0.692. The van der Waals surface area contributed by atoms with Gasteiger partial charge in [0.25, 0.3) is 11.7 Å². The molecule has 1 saturated heterocycles. The molecule has 0 spiro atoms. The van der Waals surface area contributed by atoms with Crippen LogP contribution in [0.3, 0.4) is 0 Å². The number of para-hydroxylation sites is 1. The number of methoxy groups -OCH3 is 1. The van der Waals surface area contributed by atoms with Crippen LogP contribution in [0.1, 0.15) is 43.0 Å². The maximum atomic E-state index is 13.4. The topological polar surface area (TPSA) is 85.3 Å². The van der Waals surface area contributed by atoms with Crippen LogP contribution in [0.25, 0.3) is 5.76 Å². The lowest BCUT2D eigenvalue weighted by Gasteiger charge is -2.25. The highest BCUT2D eigenvalue weighted by Gasteiger charge is 2.46. The number of amides is 1. The van der Waals surface area contributed by atoms with Crippen molar-refractivity contribution in [3.8, 4) is 17.2 Å². The monoisotopic (exact) mass is 529 g/mol. The Morgan fingerprint density at radius 2 is 1.69 bits per heavy atom. The first-order valence-corrected chi connectivity index (χ1v) is 13.1. The minimum atomic E-state index is -0.780. The highest BCUT2D eigenvalue weighted by atomic mass is 16.5. The fourth-order valence-corrected chi connectivity index (χ4v) is 4.61. The second-order valence-electron chi connectivity index (χ2n) is 10.0. The van der Waals surface area contributed by atoms with E-state index in [4.69, 9.17) is 14.2 Å². The fraction of sp³-hybridized carbons (Fsp3) is 0.312. The predicted molar refractivity (Wildman–Crippen MR) is 150 cm³/mol. The van der Waals surface area contributed by atoms with E-state index in [0.717, 1.165) is 5.56 Å². The lowest BCUT2D eigenvalue weighted by molar-refractivity contribution is -0.140. The largest absolute Gasteiger partial charge is 0.507 e. The van der Waals surface area contributed by atoms with Gasteiger partial charge in [-0.3, -0.25) is 9.59 Å². The van der Waals surface area contributed by atoms with Crippen LogP contribution >= 0.6 is 0 Å². The van der Waals surface area contributed by atoms with E-state index in [1.54, 1.807) is 25.3 Å². The van der Waals surface area contributed by atoms with Crippen molar-refractivity contribution in [3.63, 3.8) is 0 Å². The Morgan fingerprint density at radius 3 is 2.38 bits per heavy atom. The zero-order chi connectivity index (χ0) is 27.9. The van der Waals surface area contributed by atoms with Gasteiger partial charge in [0.15, 0.2) is 0 Å².